The molecule has 0 amide bonds. The quantitative estimate of drug-likeness (QED) is 0.805. The Kier molecular flexibility index (Phi) is 5.26. The normalized spacial score (nSPS) is 12.8. The number of aromatic nitrogens is 3. The molecule has 0 saturated carbocycles. The van der Waals surface area contributed by atoms with Gasteiger partial charge in [-0.1, -0.05) is 25.9 Å². The maximum Gasteiger partial charge on any atom is 0.226 e. The fraction of sp³-hybridized carbons (Fsp3) is 0.562. The molecule has 2 rings (SSSR count). The van der Waals surface area contributed by atoms with E-state index in [1.165, 1.54) is 11.3 Å². The van der Waals surface area contributed by atoms with Gasteiger partial charge < -0.3 is 4.52 Å². The largest absolute Gasteiger partial charge is 0.339 e. The second-order valence-corrected chi connectivity index (χ2v) is 7.36. The van der Waals surface area contributed by atoms with Gasteiger partial charge in [0.2, 0.25) is 5.89 Å². The number of nitrogens with zero attached hydrogens (tertiary/aromatic N) is 4. The lowest BCUT2D eigenvalue weighted by Crippen LogP contribution is -2.13. The number of rotatable bonds is 6. The zero-order chi connectivity index (χ0) is 17.0. The summed E-state index contributed by atoms with van der Waals surface area (Å²) in [7, 11) is 0. The lowest BCUT2D eigenvalue weighted by Gasteiger charge is -2.10. The molecule has 0 aliphatic carbocycles. The Balaban J connectivity index is 1.89. The van der Waals surface area contributed by atoms with Crippen LogP contribution in [-0.4, -0.2) is 20.9 Å². The highest BCUT2D eigenvalue weighted by Gasteiger charge is 2.24. The summed E-state index contributed by atoms with van der Waals surface area (Å²) in [6.07, 6.45) is 1.40. The standard InChI is InChI=1S/C16H20N4O2S/c1-10-9-23-14(18-10)11(8-17)12(21)6-5-7-13-19-15(20-22-13)16(2,3)4/h9,11H,5-7H2,1-4H3. The fourth-order valence-corrected chi connectivity index (χ4v) is 2.85. The van der Waals surface area contributed by atoms with E-state index >= 15 is 0 Å². The fourth-order valence-electron chi connectivity index (χ4n) is 1.99. The van der Waals surface area contributed by atoms with Crippen molar-refractivity contribution in [3.8, 4) is 6.07 Å². The Hall–Kier alpha value is -2.07. The second-order valence-electron chi connectivity index (χ2n) is 6.47. The van der Waals surface area contributed by atoms with Crippen molar-refractivity contribution in [2.24, 2.45) is 0 Å². The summed E-state index contributed by atoms with van der Waals surface area (Å²) in [4.78, 5) is 20.8. The van der Waals surface area contributed by atoms with Crippen molar-refractivity contribution in [1.29, 1.82) is 5.26 Å². The van der Waals surface area contributed by atoms with E-state index in [0.717, 1.165) is 5.69 Å². The maximum absolute atomic E-state index is 12.2. The zero-order valence-corrected chi connectivity index (χ0v) is 14.6. The smallest absolute Gasteiger partial charge is 0.226 e. The molecule has 0 fully saturated rings. The van der Waals surface area contributed by atoms with Gasteiger partial charge in [0, 0.05) is 29.3 Å². The van der Waals surface area contributed by atoms with Crippen molar-refractivity contribution in [3.63, 3.8) is 0 Å². The van der Waals surface area contributed by atoms with Gasteiger partial charge in [-0.25, -0.2) is 4.98 Å². The average molecular weight is 332 g/mol. The van der Waals surface area contributed by atoms with Gasteiger partial charge in [0.1, 0.15) is 5.01 Å². The minimum Gasteiger partial charge on any atom is -0.339 e. The van der Waals surface area contributed by atoms with Crippen LogP contribution in [0.4, 0.5) is 0 Å². The number of Topliss-reactive ketones (excluding diaryl/α,β-unsaturated/α-hetero) is 1. The lowest BCUT2D eigenvalue weighted by molar-refractivity contribution is -0.119. The predicted molar refractivity (Wildman–Crippen MR) is 86.1 cm³/mol. The first-order valence-corrected chi connectivity index (χ1v) is 8.36. The topological polar surface area (TPSA) is 92.7 Å². The highest BCUT2D eigenvalue weighted by molar-refractivity contribution is 7.09. The van der Waals surface area contributed by atoms with Gasteiger partial charge in [0.05, 0.1) is 6.07 Å². The van der Waals surface area contributed by atoms with Gasteiger partial charge in [0.25, 0.3) is 0 Å². The molecule has 23 heavy (non-hydrogen) atoms. The Bertz CT molecular complexity index is 721. The molecular weight excluding hydrogens is 312 g/mol. The highest BCUT2D eigenvalue weighted by atomic mass is 32.1. The first-order chi connectivity index (χ1) is 10.8. The van der Waals surface area contributed by atoms with E-state index in [9.17, 15) is 10.1 Å². The van der Waals surface area contributed by atoms with Crippen LogP contribution in [-0.2, 0) is 16.6 Å². The molecule has 1 atom stereocenters. The van der Waals surface area contributed by atoms with Gasteiger partial charge in [-0.3, -0.25) is 4.79 Å². The molecule has 2 aromatic rings. The number of carbonyl (C=O) groups excluding carboxylic acids is 1. The first-order valence-electron chi connectivity index (χ1n) is 7.48. The van der Waals surface area contributed by atoms with Crippen molar-refractivity contribution >= 4 is 17.1 Å². The van der Waals surface area contributed by atoms with Crippen molar-refractivity contribution in [1.82, 2.24) is 15.1 Å². The third-order valence-electron chi connectivity index (χ3n) is 3.29. The first kappa shape index (κ1) is 17.3. The summed E-state index contributed by atoms with van der Waals surface area (Å²) in [5.74, 6) is 0.298. The number of nitriles is 1. The molecular formula is C16H20N4O2S. The number of aryl methyl sites for hydroxylation is 2. The molecule has 0 saturated heterocycles. The molecule has 0 radical (unpaired) electrons. The third-order valence-corrected chi connectivity index (χ3v) is 4.31. The van der Waals surface area contributed by atoms with Crippen molar-refractivity contribution in [2.75, 3.05) is 0 Å². The minimum atomic E-state index is -0.776. The van der Waals surface area contributed by atoms with Crippen LogP contribution < -0.4 is 0 Å². The molecule has 122 valence electrons. The van der Waals surface area contributed by atoms with E-state index in [1.807, 2.05) is 33.1 Å². The van der Waals surface area contributed by atoms with Crippen LogP contribution in [0.25, 0.3) is 0 Å². The van der Waals surface area contributed by atoms with E-state index in [2.05, 4.69) is 21.2 Å². The second kappa shape index (κ2) is 7.01. The summed E-state index contributed by atoms with van der Waals surface area (Å²) >= 11 is 1.35. The van der Waals surface area contributed by atoms with Gasteiger partial charge >= 0.3 is 0 Å². The molecule has 0 aromatic carbocycles. The van der Waals surface area contributed by atoms with Crippen molar-refractivity contribution in [3.05, 3.63) is 27.8 Å². The Morgan fingerprint density at radius 3 is 2.70 bits per heavy atom. The SMILES string of the molecule is Cc1csc(C(C#N)C(=O)CCCc2nc(C(C)(C)C)no2)n1. The van der Waals surface area contributed by atoms with E-state index < -0.39 is 5.92 Å². The summed E-state index contributed by atoms with van der Waals surface area (Å²) in [6.45, 7) is 7.89. The van der Waals surface area contributed by atoms with E-state index in [4.69, 9.17) is 4.52 Å². The van der Waals surface area contributed by atoms with Crippen LogP contribution in [0, 0.1) is 18.3 Å². The summed E-state index contributed by atoms with van der Waals surface area (Å²) < 4.78 is 5.20. The van der Waals surface area contributed by atoms with E-state index in [1.54, 1.807) is 0 Å². The van der Waals surface area contributed by atoms with Crippen molar-refractivity contribution in [2.45, 2.75) is 58.3 Å². The van der Waals surface area contributed by atoms with E-state index in [0.29, 0.717) is 36.0 Å². The number of ketones is 1. The minimum absolute atomic E-state index is 0.114. The summed E-state index contributed by atoms with van der Waals surface area (Å²) in [5.41, 5.74) is 0.672. The molecule has 0 spiro atoms. The zero-order valence-electron chi connectivity index (χ0n) is 13.8. The van der Waals surface area contributed by atoms with Crippen LogP contribution in [0.15, 0.2) is 9.90 Å². The third kappa shape index (κ3) is 4.45. The van der Waals surface area contributed by atoms with Crippen LogP contribution in [0.3, 0.4) is 0 Å². The summed E-state index contributed by atoms with van der Waals surface area (Å²) in [5, 5.41) is 15.6. The van der Waals surface area contributed by atoms with Crippen LogP contribution >= 0.6 is 11.3 Å². The molecule has 0 aliphatic rings. The van der Waals surface area contributed by atoms with Crippen LogP contribution in [0.1, 0.15) is 61.9 Å². The van der Waals surface area contributed by atoms with Gasteiger partial charge in [0.15, 0.2) is 17.5 Å². The molecule has 0 aliphatic heterocycles. The van der Waals surface area contributed by atoms with Crippen LogP contribution in [0.2, 0.25) is 0 Å². The molecule has 2 heterocycles. The predicted octanol–water partition coefficient (Wildman–Crippen LogP) is 3.33. The Morgan fingerprint density at radius 2 is 2.17 bits per heavy atom. The summed E-state index contributed by atoms with van der Waals surface area (Å²) in [6, 6.07) is 2.05. The Labute approximate surface area is 139 Å². The van der Waals surface area contributed by atoms with Crippen LogP contribution in [0.5, 0.6) is 0 Å². The molecule has 2 aromatic heterocycles. The molecule has 6 nitrogen and oxygen atoms in total. The van der Waals surface area contributed by atoms with Crippen molar-refractivity contribution < 1.29 is 9.32 Å². The number of hydrogen-bond donors (Lipinski definition) is 0. The molecule has 0 N–H and O–H groups in total. The lowest BCUT2D eigenvalue weighted by atomic mass is 9.96. The Morgan fingerprint density at radius 1 is 1.43 bits per heavy atom. The van der Waals surface area contributed by atoms with Gasteiger partial charge in [-0.2, -0.15) is 10.2 Å². The molecule has 0 bridgehead atoms. The van der Waals surface area contributed by atoms with Gasteiger partial charge in [-0.15, -0.1) is 11.3 Å². The number of hydrogen-bond acceptors (Lipinski definition) is 7. The van der Waals surface area contributed by atoms with E-state index in [-0.39, 0.29) is 11.2 Å². The highest BCUT2D eigenvalue weighted by Crippen LogP contribution is 2.23. The molecule has 7 heteroatoms. The maximum atomic E-state index is 12.2. The molecule has 1 unspecified atom stereocenters. The van der Waals surface area contributed by atoms with Gasteiger partial charge in [-0.05, 0) is 13.3 Å². The average Bonchev–Trinajstić information content (AvgIpc) is 3.09. The monoisotopic (exact) mass is 332 g/mol. The number of carbonyl (C=O) groups is 1. The number of thiazole rings is 1.